The fourth-order valence-electron chi connectivity index (χ4n) is 1.49. The van der Waals surface area contributed by atoms with Crippen molar-refractivity contribution < 1.29 is 21.9 Å². The largest absolute Gasteiger partial charge is 0.484 e. The summed E-state index contributed by atoms with van der Waals surface area (Å²) in [5.41, 5.74) is 0.494. The van der Waals surface area contributed by atoms with Crippen LogP contribution in [0.3, 0.4) is 0 Å². The molecule has 2 rings (SSSR count). The van der Waals surface area contributed by atoms with Gasteiger partial charge in [0, 0.05) is 10.7 Å². The fourth-order valence-corrected chi connectivity index (χ4v) is 2.32. The second kappa shape index (κ2) is 6.04. The van der Waals surface area contributed by atoms with Crippen molar-refractivity contribution in [3.05, 3.63) is 52.3 Å². The molecule has 0 radical (unpaired) electrons. The van der Waals surface area contributed by atoms with Gasteiger partial charge in [-0.05, 0) is 40.2 Å². The molecule has 0 saturated heterocycles. The van der Waals surface area contributed by atoms with Gasteiger partial charge in [0.15, 0.2) is 11.6 Å². The maximum Gasteiger partial charge on any atom is 0.241 e. The van der Waals surface area contributed by atoms with Crippen LogP contribution in [0, 0.1) is 11.6 Å². The Bertz CT molecular complexity index is 767. The maximum atomic E-state index is 13.7. The number of ether oxygens (including phenoxy) is 1. The van der Waals surface area contributed by atoms with Gasteiger partial charge in [0.2, 0.25) is 15.8 Å². The number of aromatic nitrogens is 1. The Kier molecular flexibility index (Phi) is 4.55. The molecule has 1 heterocycles. The highest BCUT2D eigenvalue weighted by atomic mass is 79.9. The van der Waals surface area contributed by atoms with Crippen LogP contribution in [-0.4, -0.2) is 13.4 Å². The summed E-state index contributed by atoms with van der Waals surface area (Å²) in [6.07, 6.45) is 1.53. The van der Waals surface area contributed by atoms with Crippen LogP contribution in [0.1, 0.15) is 5.69 Å². The van der Waals surface area contributed by atoms with Crippen LogP contribution in [0.2, 0.25) is 0 Å². The molecule has 21 heavy (non-hydrogen) atoms. The molecule has 9 heteroatoms. The summed E-state index contributed by atoms with van der Waals surface area (Å²) < 4.78 is 55.2. The van der Waals surface area contributed by atoms with Crippen LogP contribution in [0.25, 0.3) is 0 Å². The zero-order valence-electron chi connectivity index (χ0n) is 10.4. The number of hydrogen-bond donors (Lipinski definition) is 1. The van der Waals surface area contributed by atoms with Crippen molar-refractivity contribution in [2.24, 2.45) is 5.14 Å². The van der Waals surface area contributed by atoms with Gasteiger partial charge < -0.3 is 4.74 Å². The van der Waals surface area contributed by atoms with Crippen molar-refractivity contribution in [2.45, 2.75) is 11.5 Å². The second-order valence-corrected chi connectivity index (χ2v) is 6.44. The standard InChI is InChI=1S/C12H9BrF2N2O3S/c13-7-1-2-8(17-5-7)6-20-9-3-4-10(21(16,18)19)12(15)11(9)14/h1-5H,6H2,(H2,16,18,19). The molecule has 2 N–H and O–H groups in total. The first-order valence-corrected chi connectivity index (χ1v) is 7.87. The van der Waals surface area contributed by atoms with E-state index in [9.17, 15) is 17.2 Å². The maximum absolute atomic E-state index is 13.7. The number of nitrogens with zero attached hydrogens (tertiary/aromatic N) is 1. The minimum Gasteiger partial charge on any atom is -0.484 e. The number of benzene rings is 1. The van der Waals surface area contributed by atoms with Crippen molar-refractivity contribution in [1.82, 2.24) is 4.98 Å². The van der Waals surface area contributed by atoms with Gasteiger partial charge in [-0.1, -0.05) is 0 Å². The molecule has 0 aliphatic heterocycles. The van der Waals surface area contributed by atoms with E-state index in [0.717, 1.165) is 16.6 Å². The predicted octanol–water partition coefficient (Wildman–Crippen LogP) is 2.35. The van der Waals surface area contributed by atoms with Gasteiger partial charge in [-0.2, -0.15) is 4.39 Å². The lowest BCUT2D eigenvalue weighted by Gasteiger charge is -2.09. The Morgan fingerprint density at radius 2 is 1.90 bits per heavy atom. The summed E-state index contributed by atoms with van der Waals surface area (Å²) >= 11 is 3.21. The van der Waals surface area contributed by atoms with Crippen molar-refractivity contribution in [1.29, 1.82) is 0 Å². The van der Waals surface area contributed by atoms with Crippen molar-refractivity contribution in [3.63, 3.8) is 0 Å². The molecule has 0 unspecified atom stereocenters. The summed E-state index contributed by atoms with van der Waals surface area (Å²) in [5, 5.41) is 4.77. The Labute approximate surface area is 127 Å². The molecule has 0 saturated carbocycles. The molecule has 0 aliphatic rings. The van der Waals surface area contributed by atoms with Gasteiger partial charge in [0.05, 0.1) is 5.69 Å². The Morgan fingerprint density at radius 3 is 2.48 bits per heavy atom. The summed E-state index contributed by atoms with van der Waals surface area (Å²) in [4.78, 5) is 3.08. The molecule has 1 aromatic carbocycles. The number of sulfonamides is 1. The van der Waals surface area contributed by atoms with E-state index in [1.54, 1.807) is 12.1 Å². The molecule has 112 valence electrons. The SMILES string of the molecule is NS(=O)(=O)c1ccc(OCc2ccc(Br)cn2)c(F)c1F. The van der Waals surface area contributed by atoms with Crippen LogP contribution >= 0.6 is 15.9 Å². The highest BCUT2D eigenvalue weighted by Gasteiger charge is 2.21. The molecule has 0 fully saturated rings. The third-order valence-electron chi connectivity index (χ3n) is 2.48. The van der Waals surface area contributed by atoms with Crippen LogP contribution in [0.5, 0.6) is 5.75 Å². The van der Waals surface area contributed by atoms with E-state index >= 15 is 0 Å². The van der Waals surface area contributed by atoms with Gasteiger partial charge in [-0.15, -0.1) is 0 Å². The Morgan fingerprint density at radius 1 is 1.19 bits per heavy atom. The van der Waals surface area contributed by atoms with Crippen LogP contribution in [0.4, 0.5) is 8.78 Å². The van der Waals surface area contributed by atoms with Crippen LogP contribution in [-0.2, 0) is 16.6 Å². The van der Waals surface area contributed by atoms with Crippen molar-refractivity contribution in [2.75, 3.05) is 0 Å². The quantitative estimate of drug-likeness (QED) is 0.884. The minimum absolute atomic E-state index is 0.0988. The summed E-state index contributed by atoms with van der Waals surface area (Å²) in [6, 6.07) is 5.19. The zero-order chi connectivity index (χ0) is 15.6. The number of pyridine rings is 1. The zero-order valence-corrected chi connectivity index (χ0v) is 12.8. The number of primary sulfonamides is 1. The lowest BCUT2D eigenvalue weighted by atomic mass is 10.3. The molecular weight excluding hydrogens is 370 g/mol. The topological polar surface area (TPSA) is 82.3 Å². The molecule has 0 bridgehead atoms. The van der Waals surface area contributed by atoms with E-state index in [-0.39, 0.29) is 6.61 Å². The molecular formula is C12H9BrF2N2O3S. The van der Waals surface area contributed by atoms with Crippen LogP contribution in [0.15, 0.2) is 39.8 Å². The van der Waals surface area contributed by atoms with Crippen molar-refractivity contribution >= 4 is 26.0 Å². The normalized spacial score (nSPS) is 11.4. The van der Waals surface area contributed by atoms with E-state index in [2.05, 4.69) is 20.9 Å². The van der Waals surface area contributed by atoms with Gasteiger partial charge >= 0.3 is 0 Å². The molecule has 2 aromatic rings. The Hall–Kier alpha value is -1.58. The predicted molar refractivity (Wildman–Crippen MR) is 74.0 cm³/mol. The number of halogens is 3. The average Bonchev–Trinajstić information content (AvgIpc) is 2.41. The number of hydrogen-bond acceptors (Lipinski definition) is 4. The lowest BCUT2D eigenvalue weighted by molar-refractivity contribution is 0.279. The molecule has 0 aliphatic carbocycles. The highest BCUT2D eigenvalue weighted by molar-refractivity contribution is 9.10. The summed E-state index contributed by atoms with van der Waals surface area (Å²) in [5.74, 6) is -3.41. The third-order valence-corrected chi connectivity index (χ3v) is 3.88. The first-order valence-electron chi connectivity index (χ1n) is 5.53. The van der Waals surface area contributed by atoms with Gasteiger partial charge in [0.1, 0.15) is 11.5 Å². The third kappa shape index (κ3) is 3.74. The van der Waals surface area contributed by atoms with E-state index in [1.165, 1.54) is 6.20 Å². The molecule has 0 atom stereocenters. The summed E-state index contributed by atoms with van der Waals surface area (Å²) in [6.45, 7) is -0.0988. The van der Waals surface area contributed by atoms with E-state index in [1.807, 2.05) is 0 Å². The van der Waals surface area contributed by atoms with Gasteiger partial charge in [-0.3, -0.25) is 4.98 Å². The minimum atomic E-state index is -4.33. The monoisotopic (exact) mass is 378 g/mol. The number of rotatable bonds is 4. The van der Waals surface area contributed by atoms with Crippen molar-refractivity contribution in [3.8, 4) is 5.75 Å². The highest BCUT2D eigenvalue weighted by Crippen LogP contribution is 2.25. The van der Waals surface area contributed by atoms with Gasteiger partial charge in [-0.25, -0.2) is 17.9 Å². The smallest absolute Gasteiger partial charge is 0.241 e. The van der Waals surface area contributed by atoms with Gasteiger partial charge in [0.25, 0.3) is 0 Å². The van der Waals surface area contributed by atoms with E-state index in [4.69, 9.17) is 9.88 Å². The fraction of sp³-hybridized carbons (Fsp3) is 0.0833. The molecule has 5 nitrogen and oxygen atoms in total. The Balaban J connectivity index is 2.22. The second-order valence-electron chi connectivity index (χ2n) is 3.99. The van der Waals surface area contributed by atoms with E-state index < -0.39 is 32.3 Å². The van der Waals surface area contributed by atoms with E-state index in [0.29, 0.717) is 5.69 Å². The number of nitrogens with two attached hydrogens (primary N) is 1. The molecule has 1 aromatic heterocycles. The average molecular weight is 379 g/mol. The first kappa shape index (κ1) is 15.8. The first-order chi connectivity index (χ1) is 9.79. The summed E-state index contributed by atoms with van der Waals surface area (Å²) in [7, 11) is -4.33. The van der Waals surface area contributed by atoms with Crippen LogP contribution < -0.4 is 9.88 Å². The lowest BCUT2D eigenvalue weighted by Crippen LogP contribution is -2.15. The molecule has 0 amide bonds. The molecule has 0 spiro atoms.